The van der Waals surface area contributed by atoms with Gasteiger partial charge in [-0.1, -0.05) is 11.3 Å². The molecule has 1 saturated heterocycles. The number of thiazole rings is 1. The fourth-order valence-corrected chi connectivity index (χ4v) is 4.77. The van der Waals surface area contributed by atoms with Crippen LogP contribution in [-0.4, -0.2) is 48.5 Å². The van der Waals surface area contributed by atoms with E-state index in [2.05, 4.69) is 10.2 Å². The van der Waals surface area contributed by atoms with Gasteiger partial charge in [-0.2, -0.15) is 0 Å². The summed E-state index contributed by atoms with van der Waals surface area (Å²) >= 11 is 1.76. The Hall–Kier alpha value is -1.14. The highest BCUT2D eigenvalue weighted by Crippen LogP contribution is 2.40. The number of carbonyl (C=O) groups excluding carboxylic acids is 1. The van der Waals surface area contributed by atoms with Crippen LogP contribution in [0.25, 0.3) is 0 Å². The molecule has 1 aliphatic carbocycles. The number of nitrogens with zero attached hydrogens (tertiary/aromatic N) is 3. The predicted octanol–water partition coefficient (Wildman–Crippen LogP) is 1.80. The Morgan fingerprint density at radius 3 is 2.86 bits per heavy atom. The average Bonchev–Trinajstić information content (AvgIpc) is 2.88. The minimum absolute atomic E-state index is 0.173. The smallest absolute Gasteiger partial charge is 0.247 e. The molecule has 0 bridgehead atoms. The number of amides is 1. The van der Waals surface area contributed by atoms with Gasteiger partial charge in [-0.3, -0.25) is 4.79 Å². The lowest BCUT2D eigenvalue weighted by Gasteiger charge is -2.44. The number of rotatable bonds is 2. The van der Waals surface area contributed by atoms with Crippen molar-refractivity contribution in [2.24, 2.45) is 0 Å². The molecule has 6 heteroatoms. The zero-order chi connectivity index (χ0) is 15.2. The van der Waals surface area contributed by atoms with Crippen LogP contribution < -0.4 is 10.2 Å². The molecule has 1 amide bonds. The van der Waals surface area contributed by atoms with Crippen LogP contribution in [0.4, 0.5) is 5.13 Å². The molecular weight excluding hydrogens is 284 g/mol. The third kappa shape index (κ3) is 2.34. The number of carbonyl (C=O) groups is 1. The lowest BCUT2D eigenvalue weighted by Crippen LogP contribution is -2.62. The number of piperazine rings is 1. The van der Waals surface area contributed by atoms with Crippen molar-refractivity contribution in [3.63, 3.8) is 0 Å². The van der Waals surface area contributed by atoms with E-state index in [0.717, 1.165) is 24.6 Å². The van der Waals surface area contributed by atoms with Crippen LogP contribution in [0.2, 0.25) is 0 Å². The Labute approximate surface area is 130 Å². The van der Waals surface area contributed by atoms with Crippen molar-refractivity contribution in [3.05, 3.63) is 10.6 Å². The summed E-state index contributed by atoms with van der Waals surface area (Å²) in [5, 5.41) is 4.40. The fraction of sp³-hybridized carbons (Fsp3) is 0.733. The van der Waals surface area contributed by atoms with E-state index < -0.39 is 5.54 Å². The number of aryl methyl sites for hydroxylation is 1. The van der Waals surface area contributed by atoms with Gasteiger partial charge in [-0.15, -0.1) is 0 Å². The highest BCUT2D eigenvalue weighted by atomic mass is 32.1. The third-order valence-electron chi connectivity index (χ3n) is 4.72. The minimum atomic E-state index is -0.511. The molecule has 1 fully saturated rings. The molecule has 1 aliphatic heterocycles. The summed E-state index contributed by atoms with van der Waals surface area (Å²) in [4.78, 5) is 22.7. The molecule has 3 rings (SSSR count). The molecule has 116 valence electrons. The summed E-state index contributed by atoms with van der Waals surface area (Å²) in [6.07, 6.45) is 3.43. The zero-order valence-electron chi connectivity index (χ0n) is 13.3. The van der Waals surface area contributed by atoms with Gasteiger partial charge in [0.05, 0.1) is 5.69 Å². The monoisotopic (exact) mass is 308 g/mol. The van der Waals surface area contributed by atoms with Gasteiger partial charge in [0.2, 0.25) is 5.91 Å². The third-order valence-corrected chi connectivity index (χ3v) is 5.96. The van der Waals surface area contributed by atoms with Crippen molar-refractivity contribution >= 4 is 22.4 Å². The van der Waals surface area contributed by atoms with Crippen molar-refractivity contribution in [1.82, 2.24) is 15.2 Å². The first-order valence-corrected chi connectivity index (χ1v) is 8.47. The Morgan fingerprint density at radius 1 is 1.38 bits per heavy atom. The Balaban J connectivity index is 1.94. The van der Waals surface area contributed by atoms with Gasteiger partial charge in [0, 0.05) is 31.1 Å². The van der Waals surface area contributed by atoms with Crippen LogP contribution in [0, 0.1) is 0 Å². The van der Waals surface area contributed by atoms with E-state index in [4.69, 9.17) is 4.98 Å². The van der Waals surface area contributed by atoms with Gasteiger partial charge in [0.25, 0.3) is 0 Å². The van der Waals surface area contributed by atoms with E-state index in [1.165, 1.54) is 23.4 Å². The molecule has 0 saturated carbocycles. The van der Waals surface area contributed by atoms with Crippen LogP contribution in [0.5, 0.6) is 0 Å². The van der Waals surface area contributed by atoms with Gasteiger partial charge < -0.3 is 15.1 Å². The van der Waals surface area contributed by atoms with Crippen LogP contribution in [0.15, 0.2) is 0 Å². The second kappa shape index (κ2) is 5.25. The van der Waals surface area contributed by atoms with Crippen molar-refractivity contribution in [3.8, 4) is 0 Å². The molecule has 2 heterocycles. The van der Waals surface area contributed by atoms with E-state index in [-0.39, 0.29) is 5.91 Å². The van der Waals surface area contributed by atoms with Gasteiger partial charge in [-0.25, -0.2) is 4.98 Å². The van der Waals surface area contributed by atoms with Gasteiger partial charge in [0.1, 0.15) is 5.54 Å². The first-order chi connectivity index (χ1) is 9.95. The molecule has 2 aliphatic rings. The van der Waals surface area contributed by atoms with E-state index >= 15 is 0 Å². The van der Waals surface area contributed by atoms with E-state index in [1.54, 1.807) is 11.3 Å². The van der Waals surface area contributed by atoms with Crippen LogP contribution >= 0.6 is 11.3 Å². The zero-order valence-corrected chi connectivity index (χ0v) is 14.1. The van der Waals surface area contributed by atoms with E-state index in [9.17, 15) is 4.79 Å². The van der Waals surface area contributed by atoms with Crippen molar-refractivity contribution in [2.45, 2.75) is 44.7 Å². The van der Waals surface area contributed by atoms with Crippen LogP contribution in [0.3, 0.4) is 0 Å². The summed E-state index contributed by atoms with van der Waals surface area (Å²) in [6.45, 7) is 5.62. The highest BCUT2D eigenvalue weighted by molar-refractivity contribution is 7.15. The summed E-state index contributed by atoms with van der Waals surface area (Å²) in [5.74, 6) is 0.173. The lowest BCUT2D eigenvalue weighted by molar-refractivity contribution is -0.136. The topological polar surface area (TPSA) is 48.5 Å². The predicted molar refractivity (Wildman–Crippen MR) is 85.9 cm³/mol. The maximum atomic E-state index is 12.4. The molecular formula is C15H24N4OS. The van der Waals surface area contributed by atoms with Crippen molar-refractivity contribution in [1.29, 1.82) is 0 Å². The second-order valence-corrected chi connectivity index (χ2v) is 7.49. The average molecular weight is 308 g/mol. The molecule has 1 atom stereocenters. The standard InChI is InChI=1S/C15H24N4OS/c1-15(2)13(20)18(4)8-9-19(15)14-17-11-7-5-6-10(16-3)12(11)21-14/h10,16H,5-9H2,1-4H3. The Morgan fingerprint density at radius 2 is 2.14 bits per heavy atom. The molecule has 0 aromatic carbocycles. The van der Waals surface area contributed by atoms with E-state index in [0.29, 0.717) is 6.04 Å². The molecule has 1 unspecified atom stereocenters. The van der Waals surface area contributed by atoms with Gasteiger partial charge in [-0.05, 0) is 40.2 Å². The number of aromatic nitrogens is 1. The highest BCUT2D eigenvalue weighted by Gasteiger charge is 2.42. The molecule has 0 spiro atoms. The number of anilines is 1. The van der Waals surface area contributed by atoms with Crippen molar-refractivity contribution in [2.75, 3.05) is 32.1 Å². The normalized spacial score (nSPS) is 25.1. The molecule has 21 heavy (non-hydrogen) atoms. The summed E-state index contributed by atoms with van der Waals surface area (Å²) in [6, 6.07) is 0.422. The fourth-order valence-electron chi connectivity index (χ4n) is 3.35. The molecule has 1 aromatic rings. The lowest BCUT2D eigenvalue weighted by atomic mass is 9.98. The summed E-state index contributed by atoms with van der Waals surface area (Å²) in [7, 11) is 3.90. The van der Waals surface area contributed by atoms with Crippen LogP contribution in [-0.2, 0) is 11.2 Å². The number of hydrogen-bond acceptors (Lipinski definition) is 5. The largest absolute Gasteiger partial charge is 0.342 e. The maximum Gasteiger partial charge on any atom is 0.247 e. The quantitative estimate of drug-likeness (QED) is 0.905. The van der Waals surface area contributed by atoms with Gasteiger partial charge in [0.15, 0.2) is 5.13 Å². The first-order valence-electron chi connectivity index (χ1n) is 7.65. The summed E-state index contributed by atoms with van der Waals surface area (Å²) in [5.41, 5.74) is 0.713. The Kier molecular flexibility index (Phi) is 3.69. The summed E-state index contributed by atoms with van der Waals surface area (Å²) < 4.78 is 0. The molecule has 5 nitrogen and oxygen atoms in total. The maximum absolute atomic E-state index is 12.4. The minimum Gasteiger partial charge on any atom is -0.342 e. The van der Waals surface area contributed by atoms with Gasteiger partial charge >= 0.3 is 0 Å². The first kappa shape index (κ1) is 14.8. The molecule has 0 radical (unpaired) electrons. The Bertz CT molecular complexity index is 554. The number of hydrogen-bond donors (Lipinski definition) is 1. The molecule has 1 N–H and O–H groups in total. The second-order valence-electron chi connectivity index (χ2n) is 6.48. The number of fused-ring (bicyclic) bond motifs is 1. The number of nitrogens with one attached hydrogen (secondary N) is 1. The van der Waals surface area contributed by atoms with Crippen molar-refractivity contribution < 1.29 is 4.79 Å². The number of likely N-dealkylation sites (N-methyl/N-ethyl adjacent to an activating group) is 1. The SMILES string of the molecule is CNC1CCCc2nc(N3CCN(C)C(=O)C3(C)C)sc21. The van der Waals surface area contributed by atoms with Crippen LogP contribution in [0.1, 0.15) is 43.3 Å². The molecule has 1 aromatic heterocycles. The van der Waals surface area contributed by atoms with E-state index in [1.807, 2.05) is 32.8 Å².